The lowest BCUT2D eigenvalue weighted by molar-refractivity contribution is 0.217. The van der Waals surface area contributed by atoms with Gasteiger partial charge in [0, 0.05) is 37.3 Å². The van der Waals surface area contributed by atoms with Gasteiger partial charge in [-0.1, -0.05) is 0 Å². The van der Waals surface area contributed by atoms with E-state index in [0.717, 1.165) is 47.1 Å². The second kappa shape index (κ2) is 5.36. The van der Waals surface area contributed by atoms with Gasteiger partial charge in [-0.15, -0.1) is 0 Å². The van der Waals surface area contributed by atoms with Crippen LogP contribution in [0.5, 0.6) is 0 Å². The number of aromatic nitrogens is 2. The summed E-state index contributed by atoms with van der Waals surface area (Å²) in [4.78, 5) is 18.5. The van der Waals surface area contributed by atoms with Gasteiger partial charge in [-0.3, -0.25) is 0 Å². The molecule has 1 saturated heterocycles. The van der Waals surface area contributed by atoms with Crippen LogP contribution in [0.25, 0.3) is 11.0 Å². The molecule has 0 atom stereocenters. The fourth-order valence-electron chi connectivity index (χ4n) is 2.37. The van der Waals surface area contributed by atoms with Gasteiger partial charge < -0.3 is 14.8 Å². The van der Waals surface area contributed by atoms with E-state index in [4.69, 9.17) is 0 Å². The SMILES string of the molecule is Cc1nc2cc(NC(=O)N3CCSCC3)ccc2n1C. The number of hydrogen-bond donors (Lipinski definition) is 1. The Labute approximate surface area is 122 Å². The molecule has 106 valence electrons. The van der Waals surface area contributed by atoms with Crippen LogP contribution in [-0.4, -0.2) is 45.1 Å². The number of nitrogens with zero attached hydrogens (tertiary/aromatic N) is 3. The van der Waals surface area contributed by atoms with E-state index >= 15 is 0 Å². The van der Waals surface area contributed by atoms with Gasteiger partial charge in [-0.05, 0) is 25.1 Å². The molecule has 2 amide bonds. The lowest BCUT2D eigenvalue weighted by Gasteiger charge is -2.26. The minimum Gasteiger partial charge on any atom is -0.331 e. The Morgan fingerprint density at radius 1 is 1.35 bits per heavy atom. The number of thioether (sulfide) groups is 1. The fraction of sp³-hybridized carbons (Fsp3) is 0.429. The van der Waals surface area contributed by atoms with Gasteiger partial charge in [0.25, 0.3) is 0 Å². The number of nitrogens with one attached hydrogen (secondary N) is 1. The molecule has 1 aromatic carbocycles. The molecule has 0 unspecified atom stereocenters. The smallest absolute Gasteiger partial charge is 0.321 e. The van der Waals surface area contributed by atoms with Crippen molar-refractivity contribution in [3.63, 3.8) is 0 Å². The van der Waals surface area contributed by atoms with Crippen LogP contribution in [0.2, 0.25) is 0 Å². The third-order valence-electron chi connectivity index (χ3n) is 3.65. The van der Waals surface area contributed by atoms with E-state index < -0.39 is 0 Å². The average molecular weight is 290 g/mol. The first-order chi connectivity index (χ1) is 9.65. The molecule has 1 aromatic heterocycles. The van der Waals surface area contributed by atoms with Crippen molar-refractivity contribution in [3.05, 3.63) is 24.0 Å². The van der Waals surface area contributed by atoms with Gasteiger partial charge >= 0.3 is 6.03 Å². The Kier molecular flexibility index (Phi) is 3.56. The van der Waals surface area contributed by atoms with Gasteiger partial charge in [-0.25, -0.2) is 9.78 Å². The summed E-state index contributed by atoms with van der Waals surface area (Å²) < 4.78 is 2.04. The molecule has 3 rings (SSSR count). The number of fused-ring (bicyclic) bond motifs is 1. The number of carbonyl (C=O) groups excluding carboxylic acids is 1. The zero-order valence-corrected chi connectivity index (χ0v) is 12.5. The number of imidazole rings is 1. The number of hydrogen-bond acceptors (Lipinski definition) is 3. The number of urea groups is 1. The molecule has 2 aromatic rings. The standard InChI is InChI=1S/C14H18N4OS/c1-10-15-12-9-11(3-4-13(12)17(10)2)16-14(19)18-5-7-20-8-6-18/h3-4,9H,5-8H2,1-2H3,(H,16,19). The maximum Gasteiger partial charge on any atom is 0.321 e. The predicted molar refractivity (Wildman–Crippen MR) is 83.4 cm³/mol. The Hall–Kier alpha value is -1.69. The lowest BCUT2D eigenvalue weighted by Crippen LogP contribution is -2.40. The summed E-state index contributed by atoms with van der Waals surface area (Å²) in [5, 5.41) is 2.96. The van der Waals surface area contributed by atoms with E-state index in [1.54, 1.807) is 0 Å². The van der Waals surface area contributed by atoms with Gasteiger partial charge in [-0.2, -0.15) is 11.8 Å². The highest BCUT2D eigenvalue weighted by Crippen LogP contribution is 2.20. The molecule has 1 aliphatic rings. The quantitative estimate of drug-likeness (QED) is 0.877. The predicted octanol–water partition coefficient (Wildman–Crippen LogP) is 2.46. The first kappa shape index (κ1) is 13.3. The number of rotatable bonds is 1. The van der Waals surface area contributed by atoms with Crippen molar-refractivity contribution >= 4 is 34.5 Å². The lowest BCUT2D eigenvalue weighted by atomic mass is 10.2. The molecule has 0 spiro atoms. The Bertz CT molecular complexity index is 646. The van der Waals surface area contributed by atoms with Crippen molar-refractivity contribution in [2.45, 2.75) is 6.92 Å². The molecule has 0 bridgehead atoms. The highest BCUT2D eigenvalue weighted by atomic mass is 32.2. The molecule has 1 N–H and O–H groups in total. The average Bonchev–Trinajstić information content (AvgIpc) is 2.74. The summed E-state index contributed by atoms with van der Waals surface area (Å²) >= 11 is 1.89. The molecule has 1 aliphatic heterocycles. The van der Waals surface area contributed by atoms with E-state index in [9.17, 15) is 4.79 Å². The van der Waals surface area contributed by atoms with Crippen LogP contribution in [0.15, 0.2) is 18.2 Å². The zero-order valence-electron chi connectivity index (χ0n) is 11.7. The van der Waals surface area contributed by atoms with Gasteiger partial charge in [0.2, 0.25) is 0 Å². The van der Waals surface area contributed by atoms with Gasteiger partial charge in [0.05, 0.1) is 11.0 Å². The van der Waals surface area contributed by atoms with Crippen LogP contribution in [-0.2, 0) is 7.05 Å². The summed E-state index contributed by atoms with van der Waals surface area (Å²) in [5.41, 5.74) is 2.80. The van der Waals surface area contributed by atoms with E-state index in [2.05, 4.69) is 10.3 Å². The number of carbonyl (C=O) groups is 1. The van der Waals surface area contributed by atoms with Gasteiger partial charge in [0.1, 0.15) is 5.82 Å². The van der Waals surface area contributed by atoms with E-state index in [1.807, 2.05) is 53.4 Å². The zero-order chi connectivity index (χ0) is 14.1. The van der Waals surface area contributed by atoms with E-state index in [-0.39, 0.29) is 6.03 Å². The largest absolute Gasteiger partial charge is 0.331 e. The maximum absolute atomic E-state index is 12.2. The summed E-state index contributed by atoms with van der Waals surface area (Å²) in [6, 6.07) is 5.84. The normalized spacial score (nSPS) is 15.6. The Morgan fingerprint density at radius 2 is 2.10 bits per heavy atom. The molecule has 1 fully saturated rings. The molecule has 20 heavy (non-hydrogen) atoms. The highest BCUT2D eigenvalue weighted by Gasteiger charge is 2.16. The molecule has 2 heterocycles. The van der Waals surface area contributed by atoms with Crippen molar-refractivity contribution in [2.75, 3.05) is 29.9 Å². The van der Waals surface area contributed by atoms with Crippen molar-refractivity contribution in [2.24, 2.45) is 7.05 Å². The van der Waals surface area contributed by atoms with Crippen molar-refractivity contribution in [3.8, 4) is 0 Å². The maximum atomic E-state index is 12.2. The second-order valence-corrected chi connectivity index (χ2v) is 6.18. The topological polar surface area (TPSA) is 50.2 Å². The Morgan fingerprint density at radius 3 is 2.85 bits per heavy atom. The van der Waals surface area contributed by atoms with Crippen LogP contribution in [0.1, 0.15) is 5.82 Å². The second-order valence-electron chi connectivity index (χ2n) is 4.95. The monoisotopic (exact) mass is 290 g/mol. The molecule has 0 radical (unpaired) electrons. The summed E-state index contributed by atoms with van der Waals surface area (Å²) in [6.45, 7) is 3.62. The van der Waals surface area contributed by atoms with Crippen molar-refractivity contribution < 1.29 is 4.79 Å². The van der Waals surface area contributed by atoms with Crippen LogP contribution in [0, 0.1) is 6.92 Å². The summed E-state index contributed by atoms with van der Waals surface area (Å²) in [5.74, 6) is 3.01. The highest BCUT2D eigenvalue weighted by molar-refractivity contribution is 7.99. The van der Waals surface area contributed by atoms with Crippen LogP contribution in [0.4, 0.5) is 10.5 Å². The van der Waals surface area contributed by atoms with E-state index in [1.165, 1.54) is 0 Å². The minimum atomic E-state index is -0.0164. The third-order valence-corrected chi connectivity index (χ3v) is 4.60. The first-order valence-corrected chi connectivity index (χ1v) is 7.87. The molecular weight excluding hydrogens is 272 g/mol. The summed E-state index contributed by atoms with van der Waals surface area (Å²) in [6.07, 6.45) is 0. The van der Waals surface area contributed by atoms with Crippen molar-refractivity contribution in [1.29, 1.82) is 0 Å². The molecule has 0 aliphatic carbocycles. The van der Waals surface area contributed by atoms with Crippen molar-refractivity contribution in [1.82, 2.24) is 14.5 Å². The van der Waals surface area contributed by atoms with Crippen LogP contribution in [0.3, 0.4) is 0 Å². The molecule has 0 saturated carbocycles. The summed E-state index contributed by atoms with van der Waals surface area (Å²) in [7, 11) is 1.99. The Balaban J connectivity index is 1.78. The first-order valence-electron chi connectivity index (χ1n) is 6.72. The number of aryl methyl sites for hydroxylation is 2. The minimum absolute atomic E-state index is 0.0164. The van der Waals surface area contributed by atoms with Crippen LogP contribution < -0.4 is 5.32 Å². The number of anilines is 1. The molecular formula is C14H18N4OS. The van der Waals surface area contributed by atoms with E-state index in [0.29, 0.717) is 0 Å². The number of benzene rings is 1. The van der Waals surface area contributed by atoms with Crippen LogP contribution >= 0.6 is 11.8 Å². The third kappa shape index (κ3) is 2.47. The molecule has 5 nitrogen and oxygen atoms in total. The fourth-order valence-corrected chi connectivity index (χ4v) is 3.27. The van der Waals surface area contributed by atoms with Gasteiger partial charge in [0.15, 0.2) is 0 Å². The molecule has 6 heteroatoms. The number of amides is 2.